The Morgan fingerprint density at radius 3 is 2.85 bits per heavy atom. The number of rotatable bonds is 6. The van der Waals surface area contributed by atoms with Gasteiger partial charge in [0, 0.05) is 24.2 Å². The lowest BCUT2D eigenvalue weighted by Crippen LogP contribution is -2.14. The molecular weight excluding hydrogens is 358 g/mol. The van der Waals surface area contributed by atoms with Crippen molar-refractivity contribution in [2.24, 2.45) is 0 Å². The molecule has 134 valence electrons. The molecule has 8 heteroatoms. The molecule has 0 atom stereocenters. The maximum atomic E-state index is 11.8. The highest BCUT2D eigenvalue weighted by molar-refractivity contribution is 6.30. The Morgan fingerprint density at radius 1 is 1.27 bits per heavy atom. The van der Waals surface area contributed by atoms with Crippen LogP contribution in [0.5, 0.6) is 0 Å². The number of carbonyl (C=O) groups excluding carboxylic acids is 2. The summed E-state index contributed by atoms with van der Waals surface area (Å²) in [5.41, 5.74) is 0.789. The Hall–Kier alpha value is -3.06. The van der Waals surface area contributed by atoms with Gasteiger partial charge in [0.2, 0.25) is 0 Å². The molecular formula is C18H16ClN3O4. The van der Waals surface area contributed by atoms with E-state index in [1.807, 2.05) is 6.07 Å². The van der Waals surface area contributed by atoms with Gasteiger partial charge in [-0.2, -0.15) is 5.10 Å². The monoisotopic (exact) mass is 373 g/mol. The molecule has 0 aliphatic heterocycles. The van der Waals surface area contributed by atoms with Crippen LogP contribution in [0, 0.1) is 0 Å². The second-order valence-corrected chi connectivity index (χ2v) is 5.99. The molecule has 0 aliphatic rings. The van der Waals surface area contributed by atoms with Gasteiger partial charge in [-0.05, 0) is 29.8 Å². The van der Waals surface area contributed by atoms with Crippen LogP contribution in [-0.4, -0.2) is 21.7 Å². The largest absolute Gasteiger partial charge is 0.456 e. The summed E-state index contributed by atoms with van der Waals surface area (Å²) in [7, 11) is 0. The van der Waals surface area contributed by atoms with E-state index in [1.165, 1.54) is 6.92 Å². The molecule has 0 saturated carbocycles. The van der Waals surface area contributed by atoms with Crippen molar-refractivity contribution in [1.29, 1.82) is 0 Å². The van der Waals surface area contributed by atoms with Crippen molar-refractivity contribution >= 4 is 29.3 Å². The van der Waals surface area contributed by atoms with E-state index in [4.69, 9.17) is 20.8 Å². The Kier molecular flexibility index (Phi) is 5.38. The van der Waals surface area contributed by atoms with Gasteiger partial charge in [0.15, 0.2) is 17.4 Å². The summed E-state index contributed by atoms with van der Waals surface area (Å²) < 4.78 is 12.1. The van der Waals surface area contributed by atoms with Gasteiger partial charge in [-0.1, -0.05) is 23.7 Å². The zero-order chi connectivity index (χ0) is 18.5. The highest BCUT2D eigenvalue weighted by atomic mass is 35.5. The predicted molar refractivity (Wildman–Crippen MR) is 95.3 cm³/mol. The fourth-order valence-corrected chi connectivity index (χ4v) is 2.46. The second kappa shape index (κ2) is 7.88. The number of anilines is 1. The van der Waals surface area contributed by atoms with Gasteiger partial charge in [-0.25, -0.2) is 4.79 Å². The Bertz CT molecular complexity index is 932. The van der Waals surface area contributed by atoms with Gasteiger partial charge in [0.1, 0.15) is 12.4 Å². The van der Waals surface area contributed by atoms with Crippen molar-refractivity contribution < 1.29 is 18.7 Å². The van der Waals surface area contributed by atoms with Crippen molar-refractivity contribution in [3.63, 3.8) is 0 Å². The number of nitrogens with one attached hydrogen (secondary N) is 1. The predicted octanol–water partition coefficient (Wildman–Crippen LogP) is 4.13. The molecule has 0 fully saturated rings. The lowest BCUT2D eigenvalue weighted by molar-refractivity contribution is 0.0985. The summed E-state index contributed by atoms with van der Waals surface area (Å²) in [6.07, 6.45) is 1.06. The van der Waals surface area contributed by atoms with Crippen LogP contribution in [0.1, 0.15) is 28.8 Å². The number of nitrogens with zero attached hydrogens (tertiary/aromatic N) is 2. The third kappa shape index (κ3) is 4.73. The quantitative estimate of drug-likeness (QED) is 0.656. The smallest absolute Gasteiger partial charge is 0.413 e. The summed E-state index contributed by atoms with van der Waals surface area (Å²) in [6.45, 7) is 1.88. The normalized spacial score (nSPS) is 10.5. The summed E-state index contributed by atoms with van der Waals surface area (Å²) in [5, 5.41) is 7.33. The van der Waals surface area contributed by atoms with Gasteiger partial charge < -0.3 is 9.15 Å². The van der Waals surface area contributed by atoms with E-state index in [0.717, 1.165) is 5.56 Å². The second-order valence-electron chi connectivity index (χ2n) is 5.55. The zero-order valence-corrected chi connectivity index (χ0v) is 14.7. The van der Waals surface area contributed by atoms with Crippen molar-refractivity contribution in [2.45, 2.75) is 20.1 Å². The molecule has 0 unspecified atom stereocenters. The minimum Gasteiger partial charge on any atom is -0.456 e. The molecule has 1 aromatic carbocycles. The fourth-order valence-electron chi connectivity index (χ4n) is 2.24. The third-order valence-electron chi connectivity index (χ3n) is 3.46. The van der Waals surface area contributed by atoms with E-state index >= 15 is 0 Å². The molecule has 0 aliphatic carbocycles. The zero-order valence-electron chi connectivity index (χ0n) is 13.9. The Balaban J connectivity index is 1.52. The third-order valence-corrected chi connectivity index (χ3v) is 3.69. The standard InChI is InChI=1S/C18H16ClN3O4/c1-12(23)16-6-5-15(26-16)10-22-8-7-17(21-22)20-18(24)25-11-13-3-2-4-14(19)9-13/h2-9H,10-11H2,1H3,(H,20,21,24). The van der Waals surface area contributed by atoms with Crippen molar-refractivity contribution in [3.05, 3.63) is 70.8 Å². The molecule has 0 spiro atoms. The first-order valence-corrected chi connectivity index (χ1v) is 8.19. The lowest BCUT2D eigenvalue weighted by atomic mass is 10.2. The summed E-state index contributed by atoms with van der Waals surface area (Å²) in [6, 6.07) is 12.0. The molecule has 1 N–H and O–H groups in total. The van der Waals surface area contributed by atoms with Crippen LogP contribution in [0.3, 0.4) is 0 Å². The summed E-state index contributed by atoms with van der Waals surface area (Å²) >= 11 is 5.88. The number of ether oxygens (including phenoxy) is 1. The average molecular weight is 374 g/mol. The van der Waals surface area contributed by atoms with E-state index < -0.39 is 6.09 Å². The Labute approximate surface area is 154 Å². The van der Waals surface area contributed by atoms with Gasteiger partial charge >= 0.3 is 6.09 Å². The Morgan fingerprint density at radius 2 is 2.12 bits per heavy atom. The molecule has 0 radical (unpaired) electrons. The van der Waals surface area contributed by atoms with Gasteiger partial charge in [-0.3, -0.25) is 14.8 Å². The van der Waals surface area contributed by atoms with Crippen LogP contribution in [0.2, 0.25) is 5.02 Å². The van der Waals surface area contributed by atoms with Crippen molar-refractivity contribution in [1.82, 2.24) is 9.78 Å². The van der Waals surface area contributed by atoms with Gasteiger partial charge in [0.05, 0.1) is 6.54 Å². The number of benzene rings is 1. The number of halogens is 1. The SMILES string of the molecule is CC(=O)c1ccc(Cn2ccc(NC(=O)OCc3cccc(Cl)c3)n2)o1. The van der Waals surface area contributed by atoms with Crippen LogP contribution in [0.25, 0.3) is 0 Å². The molecule has 1 amide bonds. The first-order chi connectivity index (χ1) is 12.5. The van der Waals surface area contributed by atoms with Crippen LogP contribution in [-0.2, 0) is 17.9 Å². The first kappa shape index (κ1) is 17.8. The average Bonchev–Trinajstić information content (AvgIpc) is 3.23. The summed E-state index contributed by atoms with van der Waals surface area (Å²) in [5.74, 6) is 1.10. The van der Waals surface area contributed by atoms with E-state index in [2.05, 4.69) is 10.4 Å². The van der Waals surface area contributed by atoms with Crippen molar-refractivity contribution in [2.75, 3.05) is 5.32 Å². The summed E-state index contributed by atoms with van der Waals surface area (Å²) in [4.78, 5) is 23.1. The molecule has 0 bridgehead atoms. The minimum atomic E-state index is -0.618. The van der Waals surface area contributed by atoms with E-state index in [1.54, 1.807) is 47.3 Å². The topological polar surface area (TPSA) is 86.4 Å². The number of hydrogen-bond acceptors (Lipinski definition) is 5. The van der Waals surface area contributed by atoms with Crippen LogP contribution in [0.15, 0.2) is 53.1 Å². The van der Waals surface area contributed by atoms with Gasteiger partial charge in [-0.15, -0.1) is 0 Å². The molecule has 3 rings (SSSR count). The molecule has 3 aromatic rings. The molecule has 2 aromatic heterocycles. The van der Waals surface area contributed by atoms with Crippen molar-refractivity contribution in [3.8, 4) is 0 Å². The van der Waals surface area contributed by atoms with Gasteiger partial charge in [0.25, 0.3) is 0 Å². The minimum absolute atomic E-state index is 0.104. The molecule has 0 saturated heterocycles. The number of carbonyl (C=O) groups is 2. The van der Waals surface area contributed by atoms with Crippen LogP contribution >= 0.6 is 11.6 Å². The lowest BCUT2D eigenvalue weighted by Gasteiger charge is -2.05. The number of aromatic nitrogens is 2. The van der Waals surface area contributed by atoms with Crippen LogP contribution in [0.4, 0.5) is 10.6 Å². The van der Waals surface area contributed by atoms with Crippen LogP contribution < -0.4 is 5.32 Å². The highest BCUT2D eigenvalue weighted by Gasteiger charge is 2.09. The fraction of sp³-hybridized carbons (Fsp3) is 0.167. The first-order valence-electron chi connectivity index (χ1n) is 7.81. The number of furan rings is 1. The van der Waals surface area contributed by atoms with E-state index in [9.17, 15) is 9.59 Å². The molecule has 2 heterocycles. The molecule has 26 heavy (non-hydrogen) atoms. The number of amides is 1. The van der Waals surface area contributed by atoms with E-state index in [-0.39, 0.29) is 12.4 Å². The highest BCUT2D eigenvalue weighted by Crippen LogP contribution is 2.13. The number of Topliss-reactive ketones (excluding diaryl/α,β-unsaturated/α-hetero) is 1. The number of hydrogen-bond donors (Lipinski definition) is 1. The number of ketones is 1. The maximum absolute atomic E-state index is 11.8. The molecule has 7 nitrogen and oxygen atoms in total. The maximum Gasteiger partial charge on any atom is 0.413 e. The van der Waals surface area contributed by atoms with E-state index in [0.29, 0.717) is 28.9 Å².